The van der Waals surface area contributed by atoms with Crippen molar-refractivity contribution in [1.82, 2.24) is 10.4 Å². The number of aromatic nitrogens is 1. The van der Waals surface area contributed by atoms with Crippen LogP contribution in [-0.4, -0.2) is 23.7 Å². The molecule has 0 atom stereocenters. The monoisotopic (exact) mass is 364 g/mol. The molecule has 0 unspecified atom stereocenters. The zero-order valence-electron chi connectivity index (χ0n) is 13.5. The minimum atomic E-state index is -0.459. The molecule has 1 N–H and O–H groups in total. The number of hydrogen-bond donors (Lipinski definition) is 1. The van der Waals surface area contributed by atoms with Gasteiger partial charge in [-0.15, -0.1) is 0 Å². The summed E-state index contributed by atoms with van der Waals surface area (Å²) in [6.45, 7) is -0.264. The number of amides is 1. The minimum absolute atomic E-state index is 0.264. The van der Waals surface area contributed by atoms with Crippen LogP contribution in [0.3, 0.4) is 0 Å². The van der Waals surface area contributed by atoms with Crippen molar-refractivity contribution in [3.63, 3.8) is 0 Å². The number of nitrogens with one attached hydrogen (secondary N) is 1. The molecule has 1 aromatic heterocycles. The van der Waals surface area contributed by atoms with Crippen LogP contribution in [0.25, 0.3) is 10.9 Å². The lowest BCUT2D eigenvalue weighted by Crippen LogP contribution is -2.24. The van der Waals surface area contributed by atoms with Gasteiger partial charge in [0.25, 0.3) is 5.91 Å². The molecule has 1 heterocycles. The third kappa shape index (κ3) is 4.15. The summed E-state index contributed by atoms with van der Waals surface area (Å²) < 4.78 is 5.33. The van der Waals surface area contributed by atoms with Gasteiger partial charge in [-0.05, 0) is 24.3 Å². The van der Waals surface area contributed by atoms with Gasteiger partial charge < -0.3 is 4.74 Å². The van der Waals surface area contributed by atoms with E-state index in [-0.39, 0.29) is 6.61 Å². The lowest BCUT2D eigenvalue weighted by atomic mass is 10.2. The van der Waals surface area contributed by atoms with Crippen molar-refractivity contribution in [2.45, 2.75) is 0 Å². The Hall–Kier alpha value is -3.43. The highest BCUT2D eigenvalue weighted by atomic mass is 35.5. The third-order valence-corrected chi connectivity index (χ3v) is 3.77. The Bertz CT molecular complexity index is 1030. The molecule has 0 aliphatic carbocycles. The highest BCUT2D eigenvalue weighted by Gasteiger charge is 2.06. The van der Waals surface area contributed by atoms with Crippen molar-refractivity contribution in [3.05, 3.63) is 70.9 Å². The maximum atomic E-state index is 11.8. The van der Waals surface area contributed by atoms with Crippen molar-refractivity contribution < 1.29 is 9.53 Å². The zero-order chi connectivity index (χ0) is 18.4. The zero-order valence-corrected chi connectivity index (χ0v) is 14.3. The molecule has 26 heavy (non-hydrogen) atoms. The standard InChI is InChI=1S/C19H13ClN4O2/c20-19-15(9-13-5-1-3-7-16(13)23-19)11-22-24-18(25)12-26-17-8-4-2-6-14(17)10-21/h1-9,11H,12H2,(H,24,25). The van der Waals surface area contributed by atoms with E-state index in [0.29, 0.717) is 22.0 Å². The van der Waals surface area contributed by atoms with Gasteiger partial charge in [0.05, 0.1) is 17.3 Å². The Labute approximate surface area is 154 Å². The Kier molecular flexibility index (Phi) is 5.42. The summed E-state index contributed by atoms with van der Waals surface area (Å²) in [7, 11) is 0. The van der Waals surface area contributed by atoms with Gasteiger partial charge in [-0.2, -0.15) is 10.4 Å². The first-order valence-corrected chi connectivity index (χ1v) is 8.04. The van der Waals surface area contributed by atoms with Crippen LogP contribution in [0.4, 0.5) is 0 Å². The second-order valence-electron chi connectivity index (χ2n) is 5.25. The number of carbonyl (C=O) groups excluding carboxylic acids is 1. The molecule has 0 aliphatic rings. The fraction of sp³-hybridized carbons (Fsp3) is 0.0526. The average Bonchev–Trinajstić information content (AvgIpc) is 2.67. The van der Waals surface area contributed by atoms with Gasteiger partial charge in [0.2, 0.25) is 0 Å². The maximum Gasteiger partial charge on any atom is 0.277 e. The van der Waals surface area contributed by atoms with Crippen molar-refractivity contribution in [2.24, 2.45) is 5.10 Å². The molecule has 128 valence electrons. The molecule has 7 heteroatoms. The minimum Gasteiger partial charge on any atom is -0.482 e. The Morgan fingerprint density at radius 3 is 2.88 bits per heavy atom. The summed E-state index contributed by atoms with van der Waals surface area (Å²) in [6.07, 6.45) is 1.42. The molecular weight excluding hydrogens is 352 g/mol. The second-order valence-corrected chi connectivity index (χ2v) is 5.61. The van der Waals surface area contributed by atoms with E-state index < -0.39 is 5.91 Å². The first-order valence-electron chi connectivity index (χ1n) is 7.66. The average molecular weight is 365 g/mol. The van der Waals surface area contributed by atoms with Gasteiger partial charge in [-0.25, -0.2) is 10.4 Å². The van der Waals surface area contributed by atoms with Gasteiger partial charge >= 0.3 is 0 Å². The van der Waals surface area contributed by atoms with Crippen LogP contribution < -0.4 is 10.2 Å². The third-order valence-electron chi connectivity index (χ3n) is 3.46. The molecule has 2 aromatic carbocycles. The van der Waals surface area contributed by atoms with Crippen LogP contribution in [0, 0.1) is 11.3 Å². The molecule has 6 nitrogen and oxygen atoms in total. The highest BCUT2D eigenvalue weighted by Crippen LogP contribution is 2.19. The number of benzene rings is 2. The van der Waals surface area contributed by atoms with E-state index in [1.54, 1.807) is 24.3 Å². The predicted molar refractivity (Wildman–Crippen MR) is 99.1 cm³/mol. The van der Waals surface area contributed by atoms with Crippen molar-refractivity contribution in [2.75, 3.05) is 6.61 Å². The number of nitrogens with zero attached hydrogens (tertiary/aromatic N) is 3. The van der Waals surface area contributed by atoms with E-state index in [4.69, 9.17) is 21.6 Å². The second kappa shape index (κ2) is 8.10. The maximum absolute atomic E-state index is 11.8. The number of nitriles is 1. The Morgan fingerprint density at radius 1 is 1.27 bits per heavy atom. The lowest BCUT2D eigenvalue weighted by Gasteiger charge is -2.06. The van der Waals surface area contributed by atoms with Gasteiger partial charge in [-0.1, -0.05) is 41.9 Å². The number of halogens is 1. The predicted octanol–water partition coefficient (Wildman–Crippen LogP) is 3.29. The van der Waals surface area contributed by atoms with E-state index in [1.165, 1.54) is 6.21 Å². The van der Waals surface area contributed by atoms with Gasteiger partial charge in [0.1, 0.15) is 17.0 Å². The molecule has 3 rings (SSSR count). The largest absolute Gasteiger partial charge is 0.482 e. The number of rotatable bonds is 5. The smallest absolute Gasteiger partial charge is 0.277 e. The molecule has 3 aromatic rings. The van der Waals surface area contributed by atoms with Crippen LogP contribution in [-0.2, 0) is 4.79 Å². The summed E-state index contributed by atoms with van der Waals surface area (Å²) in [5.41, 5.74) is 4.07. The lowest BCUT2D eigenvalue weighted by molar-refractivity contribution is -0.123. The fourth-order valence-corrected chi connectivity index (χ4v) is 2.43. The van der Waals surface area contributed by atoms with Gasteiger partial charge in [-0.3, -0.25) is 4.79 Å². The molecule has 0 aliphatic heterocycles. The van der Waals surface area contributed by atoms with Crippen LogP contribution in [0.2, 0.25) is 5.15 Å². The number of fused-ring (bicyclic) bond motifs is 1. The molecule has 0 radical (unpaired) electrons. The first kappa shape index (κ1) is 17.4. The van der Waals surface area contributed by atoms with E-state index >= 15 is 0 Å². The summed E-state index contributed by atoms with van der Waals surface area (Å²) >= 11 is 6.12. The highest BCUT2D eigenvalue weighted by molar-refractivity contribution is 6.32. The number of ether oxygens (including phenoxy) is 1. The van der Waals surface area contributed by atoms with Crippen molar-refractivity contribution >= 4 is 34.6 Å². The molecule has 0 fully saturated rings. The topological polar surface area (TPSA) is 87.4 Å². The van der Waals surface area contributed by atoms with E-state index in [1.807, 2.05) is 36.4 Å². The fourth-order valence-electron chi connectivity index (χ4n) is 2.23. The van der Waals surface area contributed by atoms with Crippen LogP contribution in [0.15, 0.2) is 59.7 Å². The SMILES string of the molecule is N#Cc1ccccc1OCC(=O)NN=Cc1cc2ccccc2nc1Cl. The van der Waals surface area contributed by atoms with E-state index in [0.717, 1.165) is 10.9 Å². The number of pyridine rings is 1. The van der Waals surface area contributed by atoms with Crippen LogP contribution in [0.1, 0.15) is 11.1 Å². The summed E-state index contributed by atoms with van der Waals surface area (Å²) in [4.78, 5) is 16.1. The number of hydrogen-bond acceptors (Lipinski definition) is 5. The molecule has 0 spiro atoms. The van der Waals surface area contributed by atoms with Gasteiger partial charge in [0.15, 0.2) is 6.61 Å². The Morgan fingerprint density at radius 2 is 2.04 bits per heavy atom. The normalized spacial score (nSPS) is 10.6. The van der Waals surface area contributed by atoms with Crippen molar-refractivity contribution in [3.8, 4) is 11.8 Å². The Balaban J connectivity index is 1.61. The number of para-hydroxylation sites is 2. The van der Waals surface area contributed by atoms with Crippen LogP contribution >= 0.6 is 11.6 Å². The summed E-state index contributed by atoms with van der Waals surface area (Å²) in [6, 6.07) is 18.1. The first-order chi connectivity index (χ1) is 12.7. The summed E-state index contributed by atoms with van der Waals surface area (Å²) in [5.74, 6) is -0.116. The molecule has 1 amide bonds. The molecule has 0 bridgehead atoms. The van der Waals surface area contributed by atoms with E-state index in [2.05, 4.69) is 15.5 Å². The molecule has 0 saturated heterocycles. The summed E-state index contributed by atoms with van der Waals surface area (Å²) in [5, 5.41) is 14.1. The molecular formula is C19H13ClN4O2. The quantitative estimate of drug-likeness (QED) is 0.427. The van der Waals surface area contributed by atoms with Gasteiger partial charge in [0, 0.05) is 10.9 Å². The van der Waals surface area contributed by atoms with Crippen molar-refractivity contribution in [1.29, 1.82) is 5.26 Å². The van der Waals surface area contributed by atoms with Crippen LogP contribution in [0.5, 0.6) is 5.75 Å². The van der Waals surface area contributed by atoms with E-state index in [9.17, 15) is 4.79 Å². The number of carbonyl (C=O) groups is 1. The molecule has 0 saturated carbocycles. The number of hydrazone groups is 1.